The first-order chi connectivity index (χ1) is 6.79. The molecule has 0 aliphatic carbocycles. The van der Waals surface area contributed by atoms with Gasteiger partial charge in [0.15, 0.2) is 0 Å². The summed E-state index contributed by atoms with van der Waals surface area (Å²) < 4.78 is 5.19. The van der Waals surface area contributed by atoms with Gasteiger partial charge >= 0.3 is 6.09 Å². The van der Waals surface area contributed by atoms with Crippen LogP contribution in [0.4, 0.5) is 4.79 Å². The molecule has 0 aromatic heterocycles. The van der Waals surface area contributed by atoms with Gasteiger partial charge < -0.3 is 14.7 Å². The molecule has 0 aromatic carbocycles. The highest BCUT2D eigenvalue weighted by molar-refractivity contribution is 5.94. The summed E-state index contributed by atoms with van der Waals surface area (Å²) in [7, 11) is 0. The van der Waals surface area contributed by atoms with Crippen LogP contribution in [0, 0.1) is 0 Å². The van der Waals surface area contributed by atoms with Crippen molar-refractivity contribution in [3.63, 3.8) is 0 Å². The lowest BCUT2D eigenvalue weighted by Gasteiger charge is -2.31. The summed E-state index contributed by atoms with van der Waals surface area (Å²) in [5.41, 5.74) is 0. The van der Waals surface area contributed by atoms with E-state index in [1.54, 1.807) is 0 Å². The van der Waals surface area contributed by atoms with Crippen molar-refractivity contribution < 1.29 is 14.6 Å². The Morgan fingerprint density at radius 1 is 1.36 bits per heavy atom. The average Bonchev–Trinajstić information content (AvgIpc) is 2.67. The van der Waals surface area contributed by atoms with E-state index in [9.17, 15) is 4.79 Å². The third-order valence-electron chi connectivity index (χ3n) is 2.34. The Morgan fingerprint density at radius 2 is 2.07 bits per heavy atom. The third-order valence-corrected chi connectivity index (χ3v) is 2.34. The van der Waals surface area contributed by atoms with Crippen LogP contribution < -0.4 is 0 Å². The molecule has 1 fully saturated rings. The summed E-state index contributed by atoms with van der Waals surface area (Å²) in [6.45, 7) is 3.78. The number of rotatable bonds is 0. The normalized spacial score (nSPS) is 22.4. The summed E-state index contributed by atoms with van der Waals surface area (Å²) in [5.74, 6) is 0.584. The van der Waals surface area contributed by atoms with Crippen LogP contribution in [-0.2, 0) is 4.74 Å². The molecular weight excluding hydrogens is 186 g/mol. The van der Waals surface area contributed by atoms with Crippen molar-refractivity contribution in [3.05, 3.63) is 0 Å². The van der Waals surface area contributed by atoms with Crippen molar-refractivity contribution in [2.24, 2.45) is 4.99 Å². The van der Waals surface area contributed by atoms with Crippen molar-refractivity contribution in [2.75, 3.05) is 39.4 Å². The molecule has 1 amide bonds. The first-order valence-electron chi connectivity index (χ1n) is 4.66. The molecule has 78 valence electrons. The molecular formula is C8H13N3O3. The second-order valence-electron chi connectivity index (χ2n) is 3.22. The molecule has 2 aliphatic heterocycles. The minimum absolute atomic E-state index is 0.474. The quantitative estimate of drug-likeness (QED) is 0.580. The monoisotopic (exact) mass is 199 g/mol. The topological polar surface area (TPSA) is 65.4 Å². The summed E-state index contributed by atoms with van der Waals surface area (Å²) in [4.78, 5) is 18.3. The van der Waals surface area contributed by atoms with Crippen LogP contribution in [0.2, 0.25) is 0 Å². The van der Waals surface area contributed by atoms with Gasteiger partial charge in [-0.3, -0.25) is 4.99 Å². The van der Waals surface area contributed by atoms with Crippen LogP contribution in [0.3, 0.4) is 0 Å². The molecule has 2 rings (SSSR count). The van der Waals surface area contributed by atoms with Crippen LogP contribution in [0.25, 0.3) is 0 Å². The van der Waals surface area contributed by atoms with E-state index < -0.39 is 6.09 Å². The number of morpholine rings is 1. The summed E-state index contributed by atoms with van der Waals surface area (Å²) in [6.07, 6.45) is -0.923. The Morgan fingerprint density at radius 3 is 2.71 bits per heavy atom. The number of hydrogen-bond donors (Lipinski definition) is 1. The van der Waals surface area contributed by atoms with E-state index in [1.165, 1.54) is 4.90 Å². The molecule has 0 atom stereocenters. The van der Waals surface area contributed by atoms with E-state index in [2.05, 4.69) is 4.99 Å². The number of carboxylic acid groups (broad SMARTS) is 1. The summed E-state index contributed by atoms with van der Waals surface area (Å²) in [6, 6.07) is 0. The lowest BCUT2D eigenvalue weighted by molar-refractivity contribution is 0.0630. The Bertz CT molecular complexity index is 261. The first-order valence-corrected chi connectivity index (χ1v) is 4.66. The van der Waals surface area contributed by atoms with Crippen LogP contribution in [0.5, 0.6) is 0 Å². The highest BCUT2D eigenvalue weighted by atomic mass is 16.5. The summed E-state index contributed by atoms with van der Waals surface area (Å²) >= 11 is 0. The average molecular weight is 199 g/mol. The molecule has 14 heavy (non-hydrogen) atoms. The van der Waals surface area contributed by atoms with Crippen molar-refractivity contribution in [1.82, 2.24) is 9.80 Å². The lowest BCUT2D eigenvalue weighted by Crippen LogP contribution is -2.48. The van der Waals surface area contributed by atoms with Crippen molar-refractivity contribution in [2.45, 2.75) is 0 Å². The van der Waals surface area contributed by atoms with Gasteiger partial charge in [0.05, 0.1) is 26.3 Å². The van der Waals surface area contributed by atoms with Crippen molar-refractivity contribution >= 4 is 12.1 Å². The van der Waals surface area contributed by atoms with E-state index in [-0.39, 0.29) is 0 Å². The van der Waals surface area contributed by atoms with Gasteiger partial charge in [0.25, 0.3) is 0 Å². The standard InChI is InChI=1S/C8H13N3O3/c12-8(13)11-2-1-9-7(11)10-3-5-14-6-4-10/h1-6H2,(H,12,13). The van der Waals surface area contributed by atoms with Crippen molar-refractivity contribution in [3.8, 4) is 0 Å². The van der Waals surface area contributed by atoms with E-state index in [4.69, 9.17) is 9.84 Å². The fourth-order valence-corrected chi connectivity index (χ4v) is 1.65. The summed E-state index contributed by atoms with van der Waals surface area (Å²) in [5, 5.41) is 8.90. The fraction of sp³-hybridized carbons (Fsp3) is 0.750. The van der Waals surface area contributed by atoms with Gasteiger partial charge in [-0.2, -0.15) is 0 Å². The Labute approximate surface area is 81.8 Å². The maximum atomic E-state index is 10.8. The minimum atomic E-state index is -0.923. The fourth-order valence-electron chi connectivity index (χ4n) is 1.65. The van der Waals surface area contributed by atoms with E-state index in [1.807, 2.05) is 4.90 Å². The van der Waals surface area contributed by atoms with Gasteiger partial charge in [-0.15, -0.1) is 0 Å². The van der Waals surface area contributed by atoms with Crippen LogP contribution >= 0.6 is 0 Å². The molecule has 0 radical (unpaired) electrons. The van der Waals surface area contributed by atoms with Gasteiger partial charge in [0, 0.05) is 13.1 Å². The van der Waals surface area contributed by atoms with E-state index >= 15 is 0 Å². The molecule has 2 heterocycles. The highest BCUT2D eigenvalue weighted by Crippen LogP contribution is 2.08. The number of carbonyl (C=O) groups is 1. The Hall–Kier alpha value is -1.30. The molecule has 0 saturated carbocycles. The zero-order valence-corrected chi connectivity index (χ0v) is 7.85. The number of hydrogen-bond acceptors (Lipinski definition) is 4. The second-order valence-corrected chi connectivity index (χ2v) is 3.22. The molecule has 0 aromatic rings. The van der Waals surface area contributed by atoms with E-state index in [0.29, 0.717) is 32.3 Å². The maximum absolute atomic E-state index is 10.8. The largest absolute Gasteiger partial charge is 0.465 e. The third kappa shape index (κ3) is 1.65. The Kier molecular flexibility index (Phi) is 2.53. The second kappa shape index (κ2) is 3.83. The predicted octanol–water partition coefficient (Wildman–Crippen LogP) is -0.332. The van der Waals surface area contributed by atoms with Crippen molar-refractivity contribution in [1.29, 1.82) is 0 Å². The van der Waals surface area contributed by atoms with Gasteiger partial charge in [0.2, 0.25) is 5.96 Å². The zero-order chi connectivity index (χ0) is 9.97. The number of aliphatic imine (C=N–C) groups is 1. The molecule has 0 spiro atoms. The number of amides is 1. The van der Waals surface area contributed by atoms with Gasteiger partial charge in [-0.25, -0.2) is 9.69 Å². The number of guanidine groups is 1. The Balaban J connectivity index is 2.04. The minimum Gasteiger partial charge on any atom is -0.465 e. The maximum Gasteiger partial charge on any atom is 0.414 e. The SMILES string of the molecule is O=C(O)N1CCN=C1N1CCOCC1. The first kappa shape index (κ1) is 9.26. The van der Waals surface area contributed by atoms with E-state index in [0.717, 1.165) is 13.1 Å². The van der Waals surface area contributed by atoms with Gasteiger partial charge in [-0.05, 0) is 0 Å². The molecule has 0 unspecified atom stereocenters. The zero-order valence-electron chi connectivity index (χ0n) is 7.85. The van der Waals surface area contributed by atoms with Crippen LogP contribution in [-0.4, -0.2) is 66.4 Å². The highest BCUT2D eigenvalue weighted by Gasteiger charge is 2.28. The predicted molar refractivity (Wildman–Crippen MR) is 49.4 cm³/mol. The molecule has 2 aliphatic rings. The molecule has 6 heteroatoms. The van der Waals surface area contributed by atoms with Crippen LogP contribution in [0.15, 0.2) is 4.99 Å². The van der Waals surface area contributed by atoms with Crippen LogP contribution in [0.1, 0.15) is 0 Å². The molecule has 1 saturated heterocycles. The smallest absolute Gasteiger partial charge is 0.414 e. The van der Waals surface area contributed by atoms with Gasteiger partial charge in [0.1, 0.15) is 0 Å². The molecule has 0 bridgehead atoms. The number of nitrogens with zero attached hydrogens (tertiary/aromatic N) is 3. The molecule has 6 nitrogen and oxygen atoms in total. The molecule has 1 N–H and O–H groups in total. The number of ether oxygens (including phenoxy) is 1. The van der Waals surface area contributed by atoms with Gasteiger partial charge in [-0.1, -0.05) is 0 Å². The lowest BCUT2D eigenvalue weighted by atomic mass is 10.4.